The Balaban J connectivity index is 1.96. The van der Waals surface area contributed by atoms with Crippen LogP contribution in [-0.2, 0) is 6.42 Å². The summed E-state index contributed by atoms with van der Waals surface area (Å²) in [6.07, 6.45) is 5.08. The van der Waals surface area contributed by atoms with E-state index in [4.69, 9.17) is 19.3 Å². The quantitative estimate of drug-likeness (QED) is 0.931. The normalized spacial score (nSPS) is 14.8. The standard InChI is InChI=1S/C16H14O4/c17-4-5-18-16-12-3-1-2-10(12)6-11-7-14-15(8-13(11)16)20-9-19-14/h1-2,6-8,17H,3-5,9H2. The number of ether oxygens (including phenoxy) is 3. The van der Waals surface area contributed by atoms with Crippen LogP contribution in [0, 0.1) is 0 Å². The lowest BCUT2D eigenvalue weighted by molar-refractivity contribution is 0.174. The fraction of sp³-hybridized carbons (Fsp3) is 0.250. The van der Waals surface area contributed by atoms with Gasteiger partial charge in [-0.1, -0.05) is 12.2 Å². The first-order valence-electron chi connectivity index (χ1n) is 6.66. The summed E-state index contributed by atoms with van der Waals surface area (Å²) in [5.41, 5.74) is 2.34. The van der Waals surface area contributed by atoms with Crippen LogP contribution in [0.4, 0.5) is 0 Å². The molecule has 0 radical (unpaired) electrons. The van der Waals surface area contributed by atoms with Gasteiger partial charge in [0, 0.05) is 10.9 Å². The molecule has 4 heteroatoms. The number of benzene rings is 2. The molecule has 102 valence electrons. The van der Waals surface area contributed by atoms with Gasteiger partial charge >= 0.3 is 0 Å². The lowest BCUT2D eigenvalue weighted by Crippen LogP contribution is -2.04. The molecule has 2 aromatic carbocycles. The monoisotopic (exact) mass is 270 g/mol. The maximum atomic E-state index is 9.02. The van der Waals surface area contributed by atoms with E-state index in [1.54, 1.807) is 0 Å². The van der Waals surface area contributed by atoms with E-state index < -0.39 is 0 Å². The summed E-state index contributed by atoms with van der Waals surface area (Å²) in [7, 11) is 0. The highest BCUT2D eigenvalue weighted by atomic mass is 16.7. The molecule has 1 aliphatic carbocycles. The minimum atomic E-state index is 0.00312. The molecule has 4 nitrogen and oxygen atoms in total. The number of allylic oxidation sites excluding steroid dienone is 1. The number of hydrogen-bond donors (Lipinski definition) is 1. The molecule has 0 saturated heterocycles. The van der Waals surface area contributed by atoms with Gasteiger partial charge in [-0.2, -0.15) is 0 Å². The number of aliphatic hydroxyl groups is 1. The van der Waals surface area contributed by atoms with E-state index >= 15 is 0 Å². The van der Waals surface area contributed by atoms with Crippen molar-refractivity contribution in [3.8, 4) is 17.2 Å². The first kappa shape index (κ1) is 11.6. The minimum Gasteiger partial charge on any atom is -0.490 e. The van der Waals surface area contributed by atoms with Gasteiger partial charge in [-0.3, -0.25) is 0 Å². The minimum absolute atomic E-state index is 0.00312. The van der Waals surface area contributed by atoms with Crippen LogP contribution in [0.15, 0.2) is 24.3 Å². The maximum Gasteiger partial charge on any atom is 0.231 e. The van der Waals surface area contributed by atoms with Crippen molar-refractivity contribution in [1.82, 2.24) is 0 Å². The van der Waals surface area contributed by atoms with Crippen molar-refractivity contribution in [2.45, 2.75) is 6.42 Å². The molecular weight excluding hydrogens is 256 g/mol. The molecule has 1 aliphatic heterocycles. The summed E-state index contributed by atoms with van der Waals surface area (Å²) in [5.74, 6) is 2.36. The Hall–Kier alpha value is -2.20. The van der Waals surface area contributed by atoms with Crippen LogP contribution in [0.5, 0.6) is 17.2 Å². The fourth-order valence-electron chi connectivity index (χ4n) is 2.80. The molecule has 0 aromatic heterocycles. The van der Waals surface area contributed by atoms with Gasteiger partial charge in [0.05, 0.1) is 6.61 Å². The van der Waals surface area contributed by atoms with Crippen LogP contribution in [0.25, 0.3) is 16.8 Å². The van der Waals surface area contributed by atoms with Crippen molar-refractivity contribution in [3.63, 3.8) is 0 Å². The van der Waals surface area contributed by atoms with Crippen molar-refractivity contribution in [2.24, 2.45) is 0 Å². The first-order valence-corrected chi connectivity index (χ1v) is 6.66. The number of aliphatic hydroxyl groups excluding tert-OH is 1. The average Bonchev–Trinajstić information content (AvgIpc) is 3.09. The third kappa shape index (κ3) is 1.65. The summed E-state index contributed by atoms with van der Waals surface area (Å²) in [4.78, 5) is 0. The highest BCUT2D eigenvalue weighted by Gasteiger charge is 2.20. The number of fused-ring (bicyclic) bond motifs is 3. The zero-order chi connectivity index (χ0) is 13.5. The Labute approximate surface area is 116 Å². The predicted octanol–water partition coefficient (Wildman–Crippen LogP) is 2.51. The Morgan fingerprint density at radius 2 is 2.00 bits per heavy atom. The van der Waals surface area contributed by atoms with Gasteiger partial charge in [0.25, 0.3) is 0 Å². The van der Waals surface area contributed by atoms with Crippen LogP contribution in [0.1, 0.15) is 11.1 Å². The van der Waals surface area contributed by atoms with Gasteiger partial charge in [-0.25, -0.2) is 0 Å². The smallest absolute Gasteiger partial charge is 0.231 e. The molecule has 20 heavy (non-hydrogen) atoms. The van der Waals surface area contributed by atoms with Gasteiger partial charge in [0.1, 0.15) is 12.4 Å². The number of rotatable bonds is 3. The molecule has 2 aliphatic rings. The summed E-state index contributed by atoms with van der Waals surface area (Å²) < 4.78 is 16.7. The van der Waals surface area contributed by atoms with Gasteiger partial charge < -0.3 is 19.3 Å². The Kier molecular flexibility index (Phi) is 2.57. The van der Waals surface area contributed by atoms with E-state index in [1.807, 2.05) is 12.1 Å². The van der Waals surface area contributed by atoms with Crippen LogP contribution in [0.2, 0.25) is 0 Å². The lowest BCUT2D eigenvalue weighted by atomic mass is 10.00. The molecule has 0 amide bonds. The molecule has 0 saturated carbocycles. The molecule has 0 unspecified atom stereocenters. The largest absolute Gasteiger partial charge is 0.490 e. The van der Waals surface area contributed by atoms with Crippen molar-refractivity contribution in [2.75, 3.05) is 20.0 Å². The SMILES string of the molecule is OCCOc1c2c(cc3cc4c(cc13)OCO4)C=CC2. The third-order valence-corrected chi connectivity index (χ3v) is 3.68. The highest BCUT2D eigenvalue weighted by molar-refractivity contribution is 5.95. The van der Waals surface area contributed by atoms with Gasteiger partial charge in [0.2, 0.25) is 6.79 Å². The van der Waals surface area contributed by atoms with E-state index in [1.165, 1.54) is 11.1 Å². The summed E-state index contributed by atoms with van der Waals surface area (Å²) in [6.45, 7) is 0.557. The summed E-state index contributed by atoms with van der Waals surface area (Å²) in [5, 5.41) is 11.1. The van der Waals surface area contributed by atoms with Crippen LogP contribution in [0.3, 0.4) is 0 Å². The van der Waals surface area contributed by atoms with Gasteiger partial charge in [-0.05, 0) is 35.6 Å². The number of hydrogen-bond acceptors (Lipinski definition) is 4. The summed E-state index contributed by atoms with van der Waals surface area (Å²) >= 11 is 0. The molecule has 0 bridgehead atoms. The van der Waals surface area contributed by atoms with Crippen LogP contribution in [-0.4, -0.2) is 25.1 Å². The molecule has 2 aromatic rings. The molecule has 0 spiro atoms. The van der Waals surface area contributed by atoms with E-state index in [-0.39, 0.29) is 13.4 Å². The average molecular weight is 270 g/mol. The second-order valence-electron chi connectivity index (χ2n) is 4.88. The third-order valence-electron chi connectivity index (χ3n) is 3.68. The lowest BCUT2D eigenvalue weighted by Gasteiger charge is -2.14. The molecule has 1 N–H and O–H groups in total. The second kappa shape index (κ2) is 4.42. The van der Waals surface area contributed by atoms with Crippen molar-refractivity contribution in [3.05, 3.63) is 35.4 Å². The highest BCUT2D eigenvalue weighted by Crippen LogP contribution is 2.43. The Morgan fingerprint density at radius 1 is 1.15 bits per heavy atom. The van der Waals surface area contributed by atoms with Crippen LogP contribution < -0.4 is 14.2 Å². The van der Waals surface area contributed by atoms with Crippen molar-refractivity contribution >= 4 is 16.8 Å². The van der Waals surface area contributed by atoms with Crippen molar-refractivity contribution < 1.29 is 19.3 Å². The predicted molar refractivity (Wildman–Crippen MR) is 75.4 cm³/mol. The van der Waals surface area contributed by atoms with E-state index in [0.29, 0.717) is 6.61 Å². The molecule has 4 rings (SSSR count). The Morgan fingerprint density at radius 3 is 2.85 bits per heavy atom. The van der Waals surface area contributed by atoms with Gasteiger partial charge in [0.15, 0.2) is 11.5 Å². The zero-order valence-corrected chi connectivity index (χ0v) is 10.9. The molecule has 1 heterocycles. The first-order chi connectivity index (χ1) is 9.86. The topological polar surface area (TPSA) is 47.9 Å². The van der Waals surface area contributed by atoms with E-state index in [0.717, 1.165) is 34.4 Å². The molecule has 0 fully saturated rings. The Bertz CT molecular complexity index is 718. The molecular formula is C16H14O4. The maximum absolute atomic E-state index is 9.02. The molecule has 0 atom stereocenters. The fourth-order valence-corrected chi connectivity index (χ4v) is 2.80. The summed E-state index contributed by atoms with van der Waals surface area (Å²) in [6, 6.07) is 6.08. The van der Waals surface area contributed by atoms with E-state index in [2.05, 4.69) is 18.2 Å². The second-order valence-corrected chi connectivity index (χ2v) is 4.88. The van der Waals surface area contributed by atoms with E-state index in [9.17, 15) is 0 Å². The van der Waals surface area contributed by atoms with Crippen molar-refractivity contribution in [1.29, 1.82) is 0 Å². The van der Waals surface area contributed by atoms with Gasteiger partial charge in [-0.15, -0.1) is 0 Å². The zero-order valence-electron chi connectivity index (χ0n) is 10.9. The van der Waals surface area contributed by atoms with Crippen LogP contribution >= 0.6 is 0 Å².